The third kappa shape index (κ3) is 3.52. The van der Waals surface area contributed by atoms with Gasteiger partial charge in [-0.05, 0) is 42.0 Å². The molecule has 0 saturated heterocycles. The Morgan fingerprint density at radius 3 is 2.95 bits per heavy atom. The number of hydrogen-bond donors (Lipinski definition) is 2. The minimum absolute atomic E-state index is 0.0171. The van der Waals surface area contributed by atoms with E-state index in [0.717, 1.165) is 16.9 Å². The van der Waals surface area contributed by atoms with Crippen molar-refractivity contribution in [2.24, 2.45) is 11.7 Å². The van der Waals surface area contributed by atoms with Gasteiger partial charge in [0.05, 0.1) is 0 Å². The number of rotatable bonds is 6. The average molecular weight is 279 g/mol. The van der Waals surface area contributed by atoms with Gasteiger partial charge in [0.25, 0.3) is 0 Å². The molecule has 2 rings (SSSR count). The molecule has 1 aromatic heterocycles. The van der Waals surface area contributed by atoms with Crippen molar-refractivity contribution in [3.8, 4) is 0 Å². The van der Waals surface area contributed by atoms with Crippen LogP contribution in [-0.4, -0.2) is 23.4 Å². The molecule has 4 nitrogen and oxygen atoms in total. The van der Waals surface area contributed by atoms with E-state index in [1.807, 2.05) is 30.0 Å². The summed E-state index contributed by atoms with van der Waals surface area (Å²) in [7, 11) is 0. The summed E-state index contributed by atoms with van der Waals surface area (Å²) in [6.07, 6.45) is 0. The summed E-state index contributed by atoms with van der Waals surface area (Å²) in [4.78, 5) is 10.8. The Balaban J connectivity index is 2.06. The Labute approximate surface area is 116 Å². The minimum Gasteiger partial charge on any atom is -0.475 e. The van der Waals surface area contributed by atoms with Gasteiger partial charge in [-0.25, -0.2) is 4.79 Å². The maximum absolute atomic E-state index is 10.8. The van der Waals surface area contributed by atoms with Crippen molar-refractivity contribution in [3.05, 3.63) is 35.6 Å². The predicted molar refractivity (Wildman–Crippen MR) is 77.6 cm³/mol. The molecule has 0 amide bonds. The number of carboxylic acids is 1. The monoisotopic (exact) mass is 279 g/mol. The summed E-state index contributed by atoms with van der Waals surface area (Å²) in [6, 6.07) is 7.33. The number of carbonyl (C=O) groups is 1. The first-order chi connectivity index (χ1) is 9.10. The number of nitrogens with two attached hydrogens (primary N) is 1. The van der Waals surface area contributed by atoms with Gasteiger partial charge in [0.1, 0.15) is 5.58 Å². The van der Waals surface area contributed by atoms with Gasteiger partial charge < -0.3 is 15.3 Å². The van der Waals surface area contributed by atoms with Gasteiger partial charge >= 0.3 is 5.97 Å². The summed E-state index contributed by atoms with van der Waals surface area (Å²) < 4.78 is 5.22. The van der Waals surface area contributed by atoms with Crippen LogP contribution in [0.25, 0.3) is 11.0 Å². The van der Waals surface area contributed by atoms with Crippen LogP contribution in [0.4, 0.5) is 0 Å². The lowest BCUT2D eigenvalue weighted by atomic mass is 10.2. The normalized spacial score (nSPS) is 12.7. The van der Waals surface area contributed by atoms with Gasteiger partial charge in [-0.3, -0.25) is 0 Å². The Morgan fingerprint density at radius 1 is 1.47 bits per heavy atom. The fourth-order valence-electron chi connectivity index (χ4n) is 1.73. The van der Waals surface area contributed by atoms with Crippen molar-refractivity contribution in [1.29, 1.82) is 0 Å². The zero-order valence-electron chi connectivity index (χ0n) is 10.8. The van der Waals surface area contributed by atoms with Gasteiger partial charge in [0.2, 0.25) is 5.76 Å². The second-order valence-electron chi connectivity index (χ2n) is 4.64. The lowest BCUT2D eigenvalue weighted by Crippen LogP contribution is -2.12. The average Bonchev–Trinajstić information content (AvgIpc) is 2.81. The number of thioether (sulfide) groups is 1. The fraction of sp³-hybridized carbons (Fsp3) is 0.357. The van der Waals surface area contributed by atoms with E-state index in [1.165, 1.54) is 5.56 Å². The van der Waals surface area contributed by atoms with Gasteiger partial charge in [0, 0.05) is 11.1 Å². The predicted octanol–water partition coefficient (Wildman–Crippen LogP) is 2.96. The second kappa shape index (κ2) is 6.12. The van der Waals surface area contributed by atoms with Crippen LogP contribution >= 0.6 is 11.8 Å². The van der Waals surface area contributed by atoms with E-state index in [-0.39, 0.29) is 5.76 Å². The second-order valence-corrected chi connectivity index (χ2v) is 5.67. The van der Waals surface area contributed by atoms with Crippen LogP contribution in [0.3, 0.4) is 0 Å². The van der Waals surface area contributed by atoms with Crippen LogP contribution in [0.5, 0.6) is 0 Å². The van der Waals surface area contributed by atoms with Crippen LogP contribution in [0, 0.1) is 5.92 Å². The highest BCUT2D eigenvalue weighted by Crippen LogP contribution is 2.23. The van der Waals surface area contributed by atoms with E-state index in [1.54, 1.807) is 6.07 Å². The number of fused-ring (bicyclic) bond motifs is 1. The standard InChI is InChI=1S/C14H17NO3S/c1-9(6-15)7-19-8-10-2-3-12-11(4-10)5-13(18-12)14(16)17/h2-5,9H,6-8,15H2,1H3,(H,16,17). The van der Waals surface area contributed by atoms with Crippen molar-refractivity contribution in [3.63, 3.8) is 0 Å². The minimum atomic E-state index is -1.04. The van der Waals surface area contributed by atoms with Gasteiger partial charge in [-0.2, -0.15) is 11.8 Å². The molecule has 19 heavy (non-hydrogen) atoms. The van der Waals surface area contributed by atoms with Crippen LogP contribution in [0.1, 0.15) is 23.0 Å². The molecular weight excluding hydrogens is 262 g/mol. The summed E-state index contributed by atoms with van der Waals surface area (Å²) in [5.41, 5.74) is 7.35. The Bertz CT molecular complexity index is 579. The Hall–Kier alpha value is -1.46. The van der Waals surface area contributed by atoms with Crippen LogP contribution in [0.15, 0.2) is 28.7 Å². The highest BCUT2D eigenvalue weighted by Gasteiger charge is 2.10. The third-order valence-corrected chi connectivity index (χ3v) is 4.21. The molecule has 0 spiro atoms. The zero-order valence-corrected chi connectivity index (χ0v) is 11.6. The van der Waals surface area contributed by atoms with Gasteiger partial charge in [0.15, 0.2) is 0 Å². The van der Waals surface area contributed by atoms with E-state index >= 15 is 0 Å². The maximum atomic E-state index is 10.8. The molecule has 0 aliphatic rings. The van der Waals surface area contributed by atoms with E-state index in [4.69, 9.17) is 15.3 Å². The van der Waals surface area contributed by atoms with Crippen molar-refractivity contribution in [2.45, 2.75) is 12.7 Å². The molecule has 0 fully saturated rings. The first kappa shape index (κ1) is 14.0. The summed E-state index contributed by atoms with van der Waals surface area (Å²) >= 11 is 1.83. The van der Waals surface area contributed by atoms with Gasteiger partial charge in [-0.1, -0.05) is 13.0 Å². The molecule has 1 aromatic carbocycles. The molecule has 3 N–H and O–H groups in total. The van der Waals surface area contributed by atoms with Gasteiger partial charge in [-0.15, -0.1) is 0 Å². The molecular formula is C14H17NO3S. The summed E-state index contributed by atoms with van der Waals surface area (Å²) in [5.74, 6) is 1.38. The number of furan rings is 1. The molecule has 0 bridgehead atoms. The number of aromatic carboxylic acids is 1. The SMILES string of the molecule is CC(CN)CSCc1ccc2oc(C(=O)O)cc2c1. The van der Waals surface area contributed by atoms with Crippen molar-refractivity contribution in [1.82, 2.24) is 0 Å². The van der Waals surface area contributed by atoms with Crippen molar-refractivity contribution >= 4 is 28.7 Å². The first-order valence-electron chi connectivity index (χ1n) is 6.13. The lowest BCUT2D eigenvalue weighted by Gasteiger charge is -2.07. The van der Waals surface area contributed by atoms with Crippen molar-refractivity contribution < 1.29 is 14.3 Å². The molecule has 5 heteroatoms. The summed E-state index contributed by atoms with van der Waals surface area (Å²) in [5, 5.41) is 9.71. The van der Waals surface area contributed by atoms with E-state index in [0.29, 0.717) is 18.0 Å². The number of carboxylic acid groups (broad SMARTS) is 1. The van der Waals surface area contributed by atoms with Crippen molar-refractivity contribution in [2.75, 3.05) is 12.3 Å². The third-order valence-electron chi connectivity index (χ3n) is 2.86. The van der Waals surface area contributed by atoms with E-state index in [2.05, 4.69) is 6.92 Å². The fourth-order valence-corrected chi connectivity index (χ4v) is 2.81. The van der Waals surface area contributed by atoms with Crippen LogP contribution < -0.4 is 5.73 Å². The summed E-state index contributed by atoms with van der Waals surface area (Å²) in [6.45, 7) is 2.83. The molecule has 0 aliphatic heterocycles. The molecule has 1 unspecified atom stereocenters. The molecule has 0 aliphatic carbocycles. The topological polar surface area (TPSA) is 76.5 Å². The van der Waals surface area contributed by atoms with Crippen LogP contribution in [-0.2, 0) is 5.75 Å². The molecule has 2 aromatic rings. The molecule has 0 radical (unpaired) electrons. The first-order valence-corrected chi connectivity index (χ1v) is 7.29. The highest BCUT2D eigenvalue weighted by molar-refractivity contribution is 7.98. The number of hydrogen-bond acceptors (Lipinski definition) is 4. The largest absolute Gasteiger partial charge is 0.475 e. The zero-order chi connectivity index (χ0) is 13.8. The molecule has 0 saturated carbocycles. The quantitative estimate of drug-likeness (QED) is 0.850. The Morgan fingerprint density at radius 2 is 2.26 bits per heavy atom. The smallest absolute Gasteiger partial charge is 0.371 e. The lowest BCUT2D eigenvalue weighted by molar-refractivity contribution is 0.0665. The molecule has 1 heterocycles. The molecule has 102 valence electrons. The van der Waals surface area contributed by atoms with E-state index in [9.17, 15) is 4.79 Å². The van der Waals surface area contributed by atoms with E-state index < -0.39 is 5.97 Å². The Kier molecular flexibility index (Phi) is 4.50. The highest BCUT2D eigenvalue weighted by atomic mass is 32.2. The number of benzene rings is 1. The maximum Gasteiger partial charge on any atom is 0.371 e. The molecule has 1 atom stereocenters. The van der Waals surface area contributed by atoms with Crippen LogP contribution in [0.2, 0.25) is 0 Å².